The van der Waals surface area contributed by atoms with Gasteiger partial charge in [-0.2, -0.15) is 0 Å². The van der Waals surface area contributed by atoms with Crippen molar-refractivity contribution >= 4 is 0 Å². The second-order valence-corrected chi connectivity index (χ2v) is 6.34. The molecular weight excluding hydrogens is 222 g/mol. The average Bonchev–Trinajstić information content (AvgIpc) is 3.10. The highest BCUT2D eigenvalue weighted by Crippen LogP contribution is 2.50. The van der Waals surface area contributed by atoms with Gasteiger partial charge in [0, 0.05) is 24.0 Å². The molecule has 2 rings (SSSR count). The summed E-state index contributed by atoms with van der Waals surface area (Å²) < 4.78 is 5.32. The maximum absolute atomic E-state index is 6.16. The van der Waals surface area contributed by atoms with Crippen molar-refractivity contribution in [1.82, 2.24) is 0 Å². The first-order chi connectivity index (χ1) is 8.42. The SMILES string of the molecule is COCC(C)(C)c1cccc(C2(C(C)N)CC2)c1. The second-order valence-electron chi connectivity index (χ2n) is 6.34. The minimum atomic E-state index is 0.0542. The molecule has 1 aromatic carbocycles. The van der Waals surface area contributed by atoms with Crippen LogP contribution in [-0.4, -0.2) is 19.8 Å². The van der Waals surface area contributed by atoms with Gasteiger partial charge in [-0.05, 0) is 30.9 Å². The van der Waals surface area contributed by atoms with E-state index >= 15 is 0 Å². The van der Waals surface area contributed by atoms with E-state index in [0.717, 1.165) is 6.61 Å². The maximum atomic E-state index is 6.16. The number of benzene rings is 1. The molecule has 1 aliphatic rings. The average molecular weight is 247 g/mol. The quantitative estimate of drug-likeness (QED) is 0.868. The van der Waals surface area contributed by atoms with Crippen molar-refractivity contribution in [1.29, 1.82) is 0 Å². The number of hydrogen-bond donors (Lipinski definition) is 1. The molecule has 0 amide bonds. The summed E-state index contributed by atoms with van der Waals surface area (Å²) in [7, 11) is 1.76. The lowest BCUT2D eigenvalue weighted by atomic mass is 9.81. The van der Waals surface area contributed by atoms with E-state index in [-0.39, 0.29) is 16.9 Å². The Morgan fingerprint density at radius 2 is 2.06 bits per heavy atom. The Labute approximate surface area is 111 Å². The Morgan fingerprint density at radius 1 is 1.39 bits per heavy atom. The molecule has 1 unspecified atom stereocenters. The molecule has 0 spiro atoms. The first kappa shape index (κ1) is 13.6. The van der Waals surface area contributed by atoms with Crippen LogP contribution >= 0.6 is 0 Å². The van der Waals surface area contributed by atoms with E-state index < -0.39 is 0 Å². The number of ether oxygens (including phenoxy) is 1. The summed E-state index contributed by atoms with van der Waals surface area (Å²) in [5, 5.41) is 0. The van der Waals surface area contributed by atoms with Gasteiger partial charge in [0.1, 0.15) is 0 Å². The van der Waals surface area contributed by atoms with E-state index in [1.807, 2.05) is 0 Å². The third-order valence-corrected chi connectivity index (χ3v) is 4.38. The molecular formula is C16H25NO. The minimum absolute atomic E-state index is 0.0542. The number of hydrogen-bond acceptors (Lipinski definition) is 2. The molecule has 1 fully saturated rings. The van der Waals surface area contributed by atoms with Crippen LogP contribution in [0.25, 0.3) is 0 Å². The van der Waals surface area contributed by atoms with E-state index in [4.69, 9.17) is 10.5 Å². The number of rotatable bonds is 5. The Bertz CT molecular complexity index is 419. The number of nitrogens with two attached hydrogens (primary N) is 1. The molecule has 2 N–H and O–H groups in total. The first-order valence-electron chi connectivity index (χ1n) is 6.78. The normalized spacial score (nSPS) is 19.6. The van der Waals surface area contributed by atoms with Gasteiger partial charge in [-0.3, -0.25) is 0 Å². The van der Waals surface area contributed by atoms with Crippen molar-refractivity contribution in [3.8, 4) is 0 Å². The van der Waals surface area contributed by atoms with Gasteiger partial charge in [0.25, 0.3) is 0 Å². The van der Waals surface area contributed by atoms with E-state index in [0.29, 0.717) is 0 Å². The Kier molecular flexibility index (Phi) is 3.52. The summed E-state index contributed by atoms with van der Waals surface area (Å²) in [6.45, 7) is 7.31. The van der Waals surface area contributed by atoms with Crippen LogP contribution < -0.4 is 5.73 Å². The van der Waals surface area contributed by atoms with Crippen LogP contribution in [0.3, 0.4) is 0 Å². The van der Waals surface area contributed by atoms with E-state index in [1.165, 1.54) is 24.0 Å². The van der Waals surface area contributed by atoms with Crippen LogP contribution in [0.4, 0.5) is 0 Å². The summed E-state index contributed by atoms with van der Waals surface area (Å²) in [6, 6.07) is 9.14. The topological polar surface area (TPSA) is 35.2 Å². The van der Waals surface area contributed by atoms with Crippen molar-refractivity contribution in [2.45, 2.75) is 50.5 Å². The van der Waals surface area contributed by atoms with Crippen LogP contribution in [0, 0.1) is 0 Å². The molecule has 18 heavy (non-hydrogen) atoms. The van der Waals surface area contributed by atoms with Crippen LogP contribution in [-0.2, 0) is 15.6 Å². The van der Waals surface area contributed by atoms with E-state index in [2.05, 4.69) is 45.0 Å². The van der Waals surface area contributed by atoms with Crippen molar-refractivity contribution in [3.05, 3.63) is 35.4 Å². The lowest BCUT2D eigenvalue weighted by molar-refractivity contribution is 0.146. The molecule has 0 bridgehead atoms. The molecule has 1 atom stereocenters. The van der Waals surface area contributed by atoms with Gasteiger partial charge < -0.3 is 10.5 Å². The zero-order valence-corrected chi connectivity index (χ0v) is 12.0. The van der Waals surface area contributed by atoms with Crippen LogP contribution in [0.15, 0.2) is 24.3 Å². The highest BCUT2D eigenvalue weighted by molar-refractivity contribution is 5.38. The summed E-state index contributed by atoms with van der Waals surface area (Å²) >= 11 is 0. The van der Waals surface area contributed by atoms with E-state index in [1.54, 1.807) is 7.11 Å². The van der Waals surface area contributed by atoms with Crippen molar-refractivity contribution in [2.24, 2.45) is 5.73 Å². The Balaban J connectivity index is 2.31. The first-order valence-corrected chi connectivity index (χ1v) is 6.78. The standard InChI is InChI=1S/C16H25NO/c1-12(17)16(8-9-16)14-7-5-6-13(10-14)15(2,3)11-18-4/h5-7,10,12H,8-9,11,17H2,1-4H3. The lowest BCUT2D eigenvalue weighted by Crippen LogP contribution is -2.32. The smallest absolute Gasteiger partial charge is 0.0553 e. The van der Waals surface area contributed by atoms with Gasteiger partial charge in [0.2, 0.25) is 0 Å². The zero-order valence-electron chi connectivity index (χ0n) is 12.0. The molecule has 0 aliphatic heterocycles. The molecule has 100 valence electrons. The van der Waals surface area contributed by atoms with Crippen molar-refractivity contribution in [3.63, 3.8) is 0 Å². The molecule has 0 aromatic heterocycles. The summed E-state index contributed by atoms with van der Waals surface area (Å²) in [6.07, 6.45) is 2.44. The molecule has 0 heterocycles. The fourth-order valence-corrected chi connectivity index (χ4v) is 2.84. The predicted octanol–water partition coefficient (Wildman–Crippen LogP) is 2.99. The largest absolute Gasteiger partial charge is 0.384 e. The van der Waals surface area contributed by atoms with Gasteiger partial charge in [-0.1, -0.05) is 38.1 Å². The maximum Gasteiger partial charge on any atom is 0.0553 e. The highest BCUT2D eigenvalue weighted by atomic mass is 16.5. The third-order valence-electron chi connectivity index (χ3n) is 4.38. The van der Waals surface area contributed by atoms with Gasteiger partial charge >= 0.3 is 0 Å². The van der Waals surface area contributed by atoms with Gasteiger partial charge in [-0.15, -0.1) is 0 Å². The molecule has 0 saturated heterocycles. The van der Waals surface area contributed by atoms with Crippen LogP contribution in [0.5, 0.6) is 0 Å². The molecule has 2 heteroatoms. The predicted molar refractivity (Wildman–Crippen MR) is 75.9 cm³/mol. The Hall–Kier alpha value is -0.860. The van der Waals surface area contributed by atoms with Gasteiger partial charge in [-0.25, -0.2) is 0 Å². The third kappa shape index (κ3) is 2.32. The molecule has 1 aromatic rings. The molecule has 1 saturated carbocycles. The highest BCUT2D eigenvalue weighted by Gasteiger charge is 2.47. The fraction of sp³-hybridized carbons (Fsp3) is 0.625. The van der Waals surface area contributed by atoms with E-state index in [9.17, 15) is 0 Å². The van der Waals surface area contributed by atoms with Crippen LogP contribution in [0.2, 0.25) is 0 Å². The summed E-state index contributed by atoms with van der Waals surface area (Å²) in [4.78, 5) is 0. The van der Waals surface area contributed by atoms with Crippen LogP contribution in [0.1, 0.15) is 44.7 Å². The fourth-order valence-electron chi connectivity index (χ4n) is 2.84. The summed E-state index contributed by atoms with van der Waals surface area (Å²) in [5.41, 5.74) is 9.19. The molecule has 1 aliphatic carbocycles. The second kappa shape index (κ2) is 4.67. The number of methoxy groups -OCH3 is 1. The summed E-state index contributed by atoms with van der Waals surface area (Å²) in [5.74, 6) is 0. The molecule has 0 radical (unpaired) electrons. The monoisotopic (exact) mass is 247 g/mol. The van der Waals surface area contributed by atoms with Crippen molar-refractivity contribution in [2.75, 3.05) is 13.7 Å². The lowest BCUT2D eigenvalue weighted by Gasteiger charge is -2.27. The molecule has 2 nitrogen and oxygen atoms in total. The van der Waals surface area contributed by atoms with Gasteiger partial charge in [0.05, 0.1) is 6.61 Å². The van der Waals surface area contributed by atoms with Crippen molar-refractivity contribution < 1.29 is 4.74 Å². The van der Waals surface area contributed by atoms with Gasteiger partial charge in [0.15, 0.2) is 0 Å². The zero-order chi connectivity index (χ0) is 13.4. The Morgan fingerprint density at radius 3 is 2.56 bits per heavy atom. The minimum Gasteiger partial charge on any atom is -0.384 e.